The lowest BCUT2D eigenvalue weighted by Gasteiger charge is -2.15. The van der Waals surface area contributed by atoms with Crippen molar-refractivity contribution in [3.63, 3.8) is 0 Å². The molecule has 1 fully saturated rings. The summed E-state index contributed by atoms with van der Waals surface area (Å²) < 4.78 is 5.49. The van der Waals surface area contributed by atoms with E-state index in [1.165, 1.54) is 0 Å². The first-order valence-electron chi connectivity index (χ1n) is 4.08. The van der Waals surface area contributed by atoms with Crippen molar-refractivity contribution in [3.8, 4) is 0 Å². The zero-order valence-electron chi connectivity index (χ0n) is 7.45. The summed E-state index contributed by atoms with van der Waals surface area (Å²) in [5.41, 5.74) is 0. The van der Waals surface area contributed by atoms with Crippen LogP contribution in [0, 0.1) is 0 Å². The summed E-state index contributed by atoms with van der Waals surface area (Å²) in [4.78, 5) is 2.08. The second-order valence-corrected chi connectivity index (χ2v) is 3.53. The van der Waals surface area contributed by atoms with Crippen LogP contribution in [-0.2, 0) is 4.74 Å². The predicted molar refractivity (Wildman–Crippen MR) is 43.5 cm³/mol. The zero-order valence-corrected chi connectivity index (χ0v) is 7.45. The fraction of sp³-hybridized carbons (Fsp3) is 1.00. The molecule has 0 aliphatic carbocycles. The van der Waals surface area contributed by atoms with Crippen molar-refractivity contribution in [2.45, 2.75) is 31.7 Å². The van der Waals surface area contributed by atoms with Crippen LogP contribution in [0.1, 0.15) is 13.3 Å². The highest BCUT2D eigenvalue weighted by Crippen LogP contribution is 2.19. The summed E-state index contributed by atoms with van der Waals surface area (Å²) >= 11 is 0. The van der Waals surface area contributed by atoms with Gasteiger partial charge in [-0.2, -0.15) is 0 Å². The van der Waals surface area contributed by atoms with Crippen molar-refractivity contribution in [2.24, 2.45) is 0 Å². The van der Waals surface area contributed by atoms with Crippen molar-refractivity contribution in [1.82, 2.24) is 4.90 Å². The molecule has 3 heteroatoms. The van der Waals surface area contributed by atoms with E-state index in [0.29, 0.717) is 0 Å². The average molecular weight is 159 g/mol. The summed E-state index contributed by atoms with van der Waals surface area (Å²) in [6.45, 7) is 2.82. The molecular formula is C8H17NO2. The van der Waals surface area contributed by atoms with E-state index >= 15 is 0 Å². The highest BCUT2D eigenvalue weighted by atomic mass is 16.5. The number of hydrogen-bond acceptors (Lipinski definition) is 3. The molecule has 0 aromatic rings. The van der Waals surface area contributed by atoms with E-state index in [4.69, 9.17) is 4.74 Å². The first-order valence-corrected chi connectivity index (χ1v) is 4.08. The third-order valence-corrected chi connectivity index (χ3v) is 2.02. The van der Waals surface area contributed by atoms with Crippen molar-refractivity contribution in [1.29, 1.82) is 0 Å². The van der Waals surface area contributed by atoms with E-state index < -0.39 is 0 Å². The predicted octanol–water partition coefficient (Wildman–Crippen LogP) is 0.0863. The number of likely N-dealkylation sites (N-methyl/N-ethyl adjacent to an activating group) is 1. The van der Waals surface area contributed by atoms with Gasteiger partial charge in [0.15, 0.2) is 0 Å². The summed E-state index contributed by atoms with van der Waals surface area (Å²) in [6.07, 6.45) is 0.745. The van der Waals surface area contributed by atoms with Gasteiger partial charge in [0.1, 0.15) is 0 Å². The molecule has 0 aromatic carbocycles. The summed E-state index contributed by atoms with van der Waals surface area (Å²) in [7, 11) is 4.03. The van der Waals surface area contributed by atoms with Gasteiger partial charge in [-0.25, -0.2) is 0 Å². The molecule has 1 rings (SSSR count). The van der Waals surface area contributed by atoms with Crippen LogP contribution < -0.4 is 0 Å². The Bertz CT molecular complexity index is 115. The topological polar surface area (TPSA) is 32.7 Å². The van der Waals surface area contributed by atoms with Gasteiger partial charge in [-0.15, -0.1) is 0 Å². The Kier molecular flexibility index (Phi) is 2.87. The first kappa shape index (κ1) is 8.97. The van der Waals surface area contributed by atoms with Gasteiger partial charge in [0, 0.05) is 13.0 Å². The van der Waals surface area contributed by atoms with E-state index in [1.807, 2.05) is 21.0 Å². The Morgan fingerprint density at radius 2 is 2.18 bits per heavy atom. The molecule has 0 saturated carbocycles. The number of aliphatic hydroxyl groups is 1. The quantitative estimate of drug-likeness (QED) is 0.619. The highest BCUT2D eigenvalue weighted by Gasteiger charge is 2.30. The first-order chi connectivity index (χ1) is 5.09. The molecule has 0 spiro atoms. The third-order valence-electron chi connectivity index (χ3n) is 2.02. The number of ether oxygens (including phenoxy) is 1. The van der Waals surface area contributed by atoms with Crippen LogP contribution in [0.5, 0.6) is 0 Å². The van der Waals surface area contributed by atoms with Crippen LogP contribution in [0.2, 0.25) is 0 Å². The van der Waals surface area contributed by atoms with Crippen molar-refractivity contribution in [3.05, 3.63) is 0 Å². The standard InChI is InChI=1S/C8H17NO2/c1-6-8(10)4-7(11-6)5-9(2)3/h6-8,10H,4-5H2,1-3H3/t6-,7+,8-/m0/s1. The fourth-order valence-corrected chi connectivity index (χ4v) is 1.44. The molecule has 0 radical (unpaired) electrons. The van der Waals surface area contributed by atoms with Crippen LogP contribution in [0.25, 0.3) is 0 Å². The van der Waals surface area contributed by atoms with E-state index in [1.54, 1.807) is 0 Å². The lowest BCUT2D eigenvalue weighted by atomic mass is 10.1. The molecule has 3 nitrogen and oxygen atoms in total. The maximum absolute atomic E-state index is 9.34. The molecule has 3 atom stereocenters. The Balaban J connectivity index is 2.29. The molecule has 1 aliphatic rings. The maximum atomic E-state index is 9.34. The lowest BCUT2D eigenvalue weighted by Crippen LogP contribution is -2.25. The lowest BCUT2D eigenvalue weighted by molar-refractivity contribution is 0.0139. The van der Waals surface area contributed by atoms with Crippen LogP contribution in [0.3, 0.4) is 0 Å². The van der Waals surface area contributed by atoms with E-state index in [2.05, 4.69) is 4.90 Å². The monoisotopic (exact) mass is 159 g/mol. The van der Waals surface area contributed by atoms with Gasteiger partial charge < -0.3 is 14.7 Å². The van der Waals surface area contributed by atoms with Crippen molar-refractivity contribution < 1.29 is 9.84 Å². The number of hydrogen-bond donors (Lipinski definition) is 1. The second kappa shape index (κ2) is 3.52. The van der Waals surface area contributed by atoms with Gasteiger partial charge in [-0.05, 0) is 21.0 Å². The molecule has 0 amide bonds. The largest absolute Gasteiger partial charge is 0.390 e. The minimum atomic E-state index is -0.264. The molecule has 1 heterocycles. The molecule has 1 saturated heterocycles. The van der Waals surface area contributed by atoms with Crippen LogP contribution >= 0.6 is 0 Å². The summed E-state index contributed by atoms with van der Waals surface area (Å²) in [5.74, 6) is 0. The van der Waals surface area contributed by atoms with Crippen molar-refractivity contribution >= 4 is 0 Å². The minimum Gasteiger partial charge on any atom is -0.390 e. The number of rotatable bonds is 2. The molecule has 1 aliphatic heterocycles. The molecule has 66 valence electrons. The third kappa shape index (κ3) is 2.43. The molecule has 0 unspecified atom stereocenters. The van der Waals surface area contributed by atoms with Crippen molar-refractivity contribution in [2.75, 3.05) is 20.6 Å². The molecule has 0 aromatic heterocycles. The van der Waals surface area contributed by atoms with E-state index in [0.717, 1.165) is 13.0 Å². The fourth-order valence-electron chi connectivity index (χ4n) is 1.44. The Hall–Kier alpha value is -0.120. The van der Waals surface area contributed by atoms with Crippen LogP contribution in [-0.4, -0.2) is 49.0 Å². The average Bonchev–Trinajstić information content (AvgIpc) is 2.10. The van der Waals surface area contributed by atoms with Gasteiger partial charge in [0.2, 0.25) is 0 Å². The van der Waals surface area contributed by atoms with E-state index in [9.17, 15) is 5.11 Å². The van der Waals surface area contributed by atoms with Crippen LogP contribution in [0.4, 0.5) is 0 Å². The SMILES string of the molecule is C[C@@H]1O[C@@H](CN(C)C)C[C@@H]1O. The van der Waals surface area contributed by atoms with Gasteiger partial charge in [-0.1, -0.05) is 0 Å². The normalized spacial score (nSPS) is 38.5. The smallest absolute Gasteiger partial charge is 0.0824 e. The number of aliphatic hydroxyl groups excluding tert-OH is 1. The minimum absolute atomic E-state index is 0.0138. The zero-order chi connectivity index (χ0) is 8.43. The second-order valence-electron chi connectivity index (χ2n) is 3.53. The Morgan fingerprint density at radius 1 is 1.55 bits per heavy atom. The molecule has 1 N–H and O–H groups in total. The van der Waals surface area contributed by atoms with Gasteiger partial charge in [-0.3, -0.25) is 0 Å². The van der Waals surface area contributed by atoms with Gasteiger partial charge in [0.05, 0.1) is 18.3 Å². The molecular weight excluding hydrogens is 142 g/mol. The summed E-state index contributed by atoms with van der Waals surface area (Å²) in [5, 5.41) is 9.34. The van der Waals surface area contributed by atoms with Crippen LogP contribution in [0.15, 0.2) is 0 Å². The van der Waals surface area contributed by atoms with Gasteiger partial charge >= 0.3 is 0 Å². The highest BCUT2D eigenvalue weighted by molar-refractivity contribution is 4.80. The van der Waals surface area contributed by atoms with E-state index in [-0.39, 0.29) is 18.3 Å². The Labute approximate surface area is 68.0 Å². The molecule has 0 bridgehead atoms. The van der Waals surface area contributed by atoms with Gasteiger partial charge in [0.25, 0.3) is 0 Å². The molecule has 11 heavy (non-hydrogen) atoms. The summed E-state index contributed by atoms with van der Waals surface area (Å²) in [6, 6.07) is 0. The maximum Gasteiger partial charge on any atom is 0.0824 e. The Morgan fingerprint density at radius 3 is 2.55 bits per heavy atom. The number of nitrogens with zero attached hydrogens (tertiary/aromatic N) is 1.